The topological polar surface area (TPSA) is 20.3 Å². The Kier molecular flexibility index (Phi) is 6.74. The third-order valence-corrected chi connectivity index (χ3v) is 3.74. The van der Waals surface area contributed by atoms with E-state index in [2.05, 4.69) is 49.7 Å². The monoisotopic (exact) mass is 339 g/mol. The fraction of sp³-hybridized carbons (Fsp3) is 0.588. The van der Waals surface area contributed by atoms with Gasteiger partial charge in [-0.25, -0.2) is 0 Å². The zero-order valence-corrected chi connectivity index (χ0v) is 14.7. The number of hydrogen-bond donors (Lipinski definition) is 0. The van der Waals surface area contributed by atoms with Gasteiger partial charge in [-0.15, -0.1) is 0 Å². The van der Waals surface area contributed by atoms with Crippen molar-refractivity contribution in [1.82, 2.24) is 4.90 Å². The quantitative estimate of drug-likeness (QED) is 0.692. The van der Waals surface area contributed by atoms with E-state index in [0.29, 0.717) is 0 Å². The molecule has 0 aliphatic heterocycles. The molecule has 1 amide bonds. The number of nitrogens with zero attached hydrogens (tertiary/aromatic N) is 1. The summed E-state index contributed by atoms with van der Waals surface area (Å²) in [5, 5.41) is 0.820. The van der Waals surface area contributed by atoms with Crippen LogP contribution >= 0.6 is 15.9 Å². The number of benzene rings is 1. The average molecular weight is 340 g/mol. The van der Waals surface area contributed by atoms with Crippen molar-refractivity contribution in [2.45, 2.75) is 46.0 Å². The van der Waals surface area contributed by atoms with Crippen LogP contribution in [0.1, 0.15) is 56.5 Å². The van der Waals surface area contributed by atoms with Crippen molar-refractivity contribution in [3.63, 3.8) is 0 Å². The van der Waals surface area contributed by atoms with Crippen molar-refractivity contribution in [2.75, 3.05) is 18.4 Å². The highest BCUT2D eigenvalue weighted by molar-refractivity contribution is 9.09. The van der Waals surface area contributed by atoms with Crippen LogP contribution in [0.4, 0.5) is 0 Å². The van der Waals surface area contributed by atoms with E-state index in [4.69, 9.17) is 0 Å². The van der Waals surface area contributed by atoms with Crippen LogP contribution in [0.15, 0.2) is 24.3 Å². The van der Waals surface area contributed by atoms with Gasteiger partial charge < -0.3 is 4.90 Å². The first-order valence-electron chi connectivity index (χ1n) is 7.36. The standard InChI is InChI=1S/C17H26BrNO/c1-5-6-12-19(13-11-18)16(20)14-9-7-8-10-15(14)17(2,3)4/h7-10H,5-6,11-13H2,1-4H3. The summed E-state index contributed by atoms with van der Waals surface area (Å²) in [6, 6.07) is 7.99. The van der Waals surface area contributed by atoms with E-state index in [9.17, 15) is 4.79 Å². The van der Waals surface area contributed by atoms with Crippen molar-refractivity contribution in [3.05, 3.63) is 35.4 Å². The second kappa shape index (κ2) is 7.82. The summed E-state index contributed by atoms with van der Waals surface area (Å²) >= 11 is 3.45. The minimum absolute atomic E-state index is 0.0168. The summed E-state index contributed by atoms with van der Waals surface area (Å²) in [6.07, 6.45) is 2.16. The highest BCUT2D eigenvalue weighted by atomic mass is 79.9. The smallest absolute Gasteiger partial charge is 0.254 e. The van der Waals surface area contributed by atoms with E-state index >= 15 is 0 Å². The van der Waals surface area contributed by atoms with Gasteiger partial charge in [0.2, 0.25) is 0 Å². The molecule has 0 radical (unpaired) electrons. The molecular formula is C17H26BrNO. The number of rotatable bonds is 6. The molecule has 0 heterocycles. The molecule has 0 bridgehead atoms. The predicted octanol–water partition coefficient (Wildman–Crippen LogP) is 4.62. The Morgan fingerprint density at radius 1 is 1.20 bits per heavy atom. The molecule has 0 spiro atoms. The summed E-state index contributed by atoms with van der Waals surface area (Å²) in [5.41, 5.74) is 1.95. The van der Waals surface area contributed by atoms with Gasteiger partial charge in [-0.3, -0.25) is 4.79 Å². The fourth-order valence-corrected chi connectivity index (χ4v) is 2.69. The van der Waals surface area contributed by atoms with Crippen LogP contribution in [0.3, 0.4) is 0 Å². The molecule has 0 unspecified atom stereocenters. The van der Waals surface area contributed by atoms with Crippen LogP contribution in [-0.4, -0.2) is 29.2 Å². The van der Waals surface area contributed by atoms with Gasteiger partial charge >= 0.3 is 0 Å². The molecule has 0 aliphatic rings. The number of alkyl halides is 1. The molecule has 20 heavy (non-hydrogen) atoms. The first-order chi connectivity index (χ1) is 9.41. The molecule has 1 aromatic carbocycles. The Labute approximate surface area is 131 Å². The van der Waals surface area contributed by atoms with Gasteiger partial charge in [0.15, 0.2) is 0 Å². The van der Waals surface area contributed by atoms with E-state index in [1.165, 1.54) is 0 Å². The zero-order chi connectivity index (χ0) is 15.2. The number of hydrogen-bond acceptors (Lipinski definition) is 1. The van der Waals surface area contributed by atoms with Gasteiger partial charge in [-0.2, -0.15) is 0 Å². The lowest BCUT2D eigenvalue weighted by Gasteiger charge is -2.27. The first kappa shape index (κ1) is 17.2. The number of halogens is 1. The average Bonchev–Trinajstić information content (AvgIpc) is 2.42. The molecule has 112 valence electrons. The summed E-state index contributed by atoms with van der Waals surface area (Å²) in [5.74, 6) is 0.156. The van der Waals surface area contributed by atoms with Crippen molar-refractivity contribution in [2.24, 2.45) is 0 Å². The lowest BCUT2D eigenvalue weighted by Crippen LogP contribution is -2.35. The maximum atomic E-state index is 12.8. The van der Waals surface area contributed by atoms with Crippen LogP contribution in [0.2, 0.25) is 0 Å². The fourth-order valence-electron chi connectivity index (χ4n) is 2.26. The van der Waals surface area contributed by atoms with Gasteiger partial charge in [0.1, 0.15) is 0 Å². The second-order valence-corrected chi connectivity index (χ2v) is 6.92. The Bertz CT molecular complexity index is 437. The Balaban J connectivity index is 3.05. The summed E-state index contributed by atoms with van der Waals surface area (Å²) in [4.78, 5) is 14.8. The van der Waals surface area contributed by atoms with Gasteiger partial charge in [-0.1, -0.05) is 68.2 Å². The molecule has 0 saturated heterocycles. The van der Waals surface area contributed by atoms with E-state index < -0.39 is 0 Å². The van der Waals surface area contributed by atoms with Crippen molar-refractivity contribution in [1.29, 1.82) is 0 Å². The highest BCUT2D eigenvalue weighted by Crippen LogP contribution is 2.26. The summed E-state index contributed by atoms with van der Waals surface area (Å²) in [6.45, 7) is 10.2. The maximum Gasteiger partial charge on any atom is 0.254 e. The molecule has 0 fully saturated rings. The van der Waals surface area contributed by atoms with Crippen LogP contribution in [0.25, 0.3) is 0 Å². The number of carbonyl (C=O) groups excluding carboxylic acids is 1. The second-order valence-electron chi connectivity index (χ2n) is 6.13. The third-order valence-electron chi connectivity index (χ3n) is 3.39. The Morgan fingerprint density at radius 3 is 2.40 bits per heavy atom. The van der Waals surface area contributed by atoms with Crippen molar-refractivity contribution >= 4 is 21.8 Å². The molecule has 3 heteroatoms. The van der Waals surface area contributed by atoms with Crippen molar-refractivity contribution < 1.29 is 4.79 Å². The van der Waals surface area contributed by atoms with Gasteiger partial charge in [0, 0.05) is 24.0 Å². The Morgan fingerprint density at radius 2 is 1.85 bits per heavy atom. The van der Waals surface area contributed by atoms with Crippen LogP contribution in [0.5, 0.6) is 0 Å². The zero-order valence-electron chi connectivity index (χ0n) is 13.1. The third kappa shape index (κ3) is 4.62. The number of unbranched alkanes of at least 4 members (excludes halogenated alkanes) is 1. The van der Waals surface area contributed by atoms with Gasteiger partial charge in [-0.05, 0) is 23.5 Å². The van der Waals surface area contributed by atoms with Crippen molar-refractivity contribution in [3.8, 4) is 0 Å². The van der Waals surface area contributed by atoms with Gasteiger partial charge in [0.25, 0.3) is 5.91 Å². The molecule has 0 atom stereocenters. The lowest BCUT2D eigenvalue weighted by atomic mass is 9.83. The number of carbonyl (C=O) groups is 1. The summed E-state index contributed by atoms with van der Waals surface area (Å²) < 4.78 is 0. The summed E-state index contributed by atoms with van der Waals surface area (Å²) in [7, 11) is 0. The van der Waals surface area contributed by atoms with E-state index in [-0.39, 0.29) is 11.3 Å². The first-order valence-corrected chi connectivity index (χ1v) is 8.48. The van der Waals surface area contributed by atoms with E-state index in [1.54, 1.807) is 0 Å². The normalized spacial score (nSPS) is 11.4. The predicted molar refractivity (Wildman–Crippen MR) is 89.7 cm³/mol. The minimum Gasteiger partial charge on any atom is -0.338 e. The van der Waals surface area contributed by atoms with Crippen LogP contribution < -0.4 is 0 Å². The van der Waals surface area contributed by atoms with E-state index in [1.807, 2.05) is 23.1 Å². The molecule has 1 aromatic rings. The largest absolute Gasteiger partial charge is 0.338 e. The molecule has 0 aromatic heterocycles. The molecular weight excluding hydrogens is 314 g/mol. The highest BCUT2D eigenvalue weighted by Gasteiger charge is 2.23. The molecule has 0 N–H and O–H groups in total. The molecule has 0 aliphatic carbocycles. The Hall–Kier alpha value is -0.830. The van der Waals surface area contributed by atoms with E-state index in [0.717, 1.165) is 42.4 Å². The molecule has 2 nitrogen and oxygen atoms in total. The van der Waals surface area contributed by atoms with Gasteiger partial charge in [0.05, 0.1) is 0 Å². The van der Waals surface area contributed by atoms with Crippen LogP contribution in [0, 0.1) is 0 Å². The lowest BCUT2D eigenvalue weighted by molar-refractivity contribution is 0.0762. The number of amides is 1. The maximum absolute atomic E-state index is 12.8. The van der Waals surface area contributed by atoms with Crippen LogP contribution in [-0.2, 0) is 5.41 Å². The minimum atomic E-state index is -0.0168. The molecule has 1 rings (SSSR count). The molecule has 0 saturated carbocycles. The SMILES string of the molecule is CCCCN(CCBr)C(=O)c1ccccc1C(C)(C)C.